The Balaban J connectivity index is 0. The minimum absolute atomic E-state index is 0. The Bertz CT molecular complexity index is 6.85. The molecule has 0 saturated heterocycles. The van der Waals surface area contributed by atoms with Crippen LogP contribution >= 0.6 is 0 Å². The van der Waals surface area contributed by atoms with Gasteiger partial charge in [-0.05, 0) is 0 Å². The van der Waals surface area contributed by atoms with Gasteiger partial charge in [0.15, 0.2) is 0 Å². The van der Waals surface area contributed by atoms with Crippen LogP contribution in [-0.2, 0) is 22.4 Å². The Morgan fingerprint density at radius 1 is 0.600 bits per heavy atom. The average molecular weight is 274 g/mol. The second-order valence-corrected chi connectivity index (χ2v) is 0. The molecule has 0 saturated carbocycles. The number of hydrogen-bond acceptors (Lipinski definition) is 0. The first-order valence-electron chi connectivity index (χ1n) is 0. The van der Waals surface area contributed by atoms with Crippen LogP contribution in [0.3, 0.4) is 0 Å². The third kappa shape index (κ3) is 28.1. The van der Waals surface area contributed by atoms with E-state index in [0.29, 0.717) is 0 Å². The maximum absolute atomic E-state index is 0. The average Bonchev–Trinajstić information content (AvgIpc) is 0. The Hall–Kier alpha value is 1.62. The summed E-state index contributed by atoms with van der Waals surface area (Å²) in [6.07, 6.45) is 0. The van der Waals surface area contributed by atoms with Gasteiger partial charge in [0.1, 0.15) is 0 Å². The van der Waals surface area contributed by atoms with Gasteiger partial charge in [0.2, 0.25) is 0 Å². The van der Waals surface area contributed by atoms with Gasteiger partial charge in [-0.3, -0.25) is 0 Å². The number of hydrogen-bond donors (Lipinski definition) is 0. The van der Waals surface area contributed by atoms with Crippen molar-refractivity contribution >= 4 is 29.6 Å². The summed E-state index contributed by atoms with van der Waals surface area (Å²) < 4.78 is 0. The molecule has 0 heterocycles. The summed E-state index contributed by atoms with van der Waals surface area (Å²) in [5.74, 6) is 0. The molecule has 0 aromatic carbocycles. The van der Waals surface area contributed by atoms with Crippen molar-refractivity contribution in [1.29, 1.82) is 0 Å². The minimum Gasteiger partial charge on any atom is -0.412 e. The molecule has 0 aliphatic carbocycles. The normalized spacial score (nSPS) is 0. The van der Waals surface area contributed by atoms with E-state index < -0.39 is 0 Å². The number of rotatable bonds is 0. The van der Waals surface area contributed by atoms with E-state index in [-0.39, 0.29) is 68.4 Å². The van der Waals surface area contributed by atoms with Crippen molar-refractivity contribution in [3.8, 4) is 0 Å². The Kier molecular flexibility index (Phi) is 728. The fraction of sp³-hybridized carbons (Fsp3) is 0. The fourth-order valence-electron chi connectivity index (χ4n) is 0. The molecule has 5 heavy (non-hydrogen) atoms. The van der Waals surface area contributed by atoms with Gasteiger partial charge in [0.05, 0.1) is 0 Å². The van der Waals surface area contributed by atoms with Gasteiger partial charge in [0.25, 0.3) is 0 Å². The first-order valence-corrected chi connectivity index (χ1v) is 0. The van der Waals surface area contributed by atoms with Gasteiger partial charge in [-0.15, -0.1) is 0 Å². The summed E-state index contributed by atoms with van der Waals surface area (Å²) in [6, 6.07) is 0. The van der Waals surface area contributed by atoms with Crippen LogP contribution in [0.1, 0.15) is 0 Å². The van der Waals surface area contributed by atoms with E-state index in [1.54, 1.807) is 0 Å². The van der Waals surface area contributed by atoms with E-state index in [2.05, 4.69) is 0 Å². The molecule has 0 unspecified atom stereocenters. The maximum atomic E-state index is 0. The molecule has 3 nitrogen and oxygen atoms in total. The zero-order valence-electron chi connectivity index (χ0n) is 2.80. The van der Waals surface area contributed by atoms with Crippen molar-refractivity contribution in [1.82, 2.24) is 0 Å². The van der Waals surface area contributed by atoms with Crippen molar-refractivity contribution in [3.63, 3.8) is 0 Å². The summed E-state index contributed by atoms with van der Waals surface area (Å²) in [4.78, 5) is 0. The third-order valence-corrected chi connectivity index (χ3v) is 0. The molecule has 0 amide bonds. The minimum atomic E-state index is 0. The van der Waals surface area contributed by atoms with Crippen LogP contribution in [0.15, 0.2) is 0 Å². The van der Waals surface area contributed by atoms with Crippen LogP contribution in [0.5, 0.6) is 0 Å². The second-order valence-electron chi connectivity index (χ2n) is 0. The van der Waals surface area contributed by atoms with Crippen LogP contribution in [0.4, 0.5) is 0 Å². The molecule has 2 radical (unpaired) electrons. The van der Waals surface area contributed by atoms with Crippen molar-refractivity contribution in [2.45, 2.75) is 0 Å². The largest absolute Gasteiger partial charge is 0.412 e. The molecule has 36 valence electrons. The SMILES string of the molecule is O.O.O.[Au].[Na]. The van der Waals surface area contributed by atoms with E-state index in [0.717, 1.165) is 0 Å². The first-order chi connectivity index (χ1) is 0. The van der Waals surface area contributed by atoms with Crippen molar-refractivity contribution < 1.29 is 38.8 Å². The summed E-state index contributed by atoms with van der Waals surface area (Å²) in [6.45, 7) is 0. The zero-order valence-corrected chi connectivity index (χ0v) is 6.97. The molecular formula is H6AuNaO3. The Morgan fingerprint density at radius 2 is 0.600 bits per heavy atom. The van der Waals surface area contributed by atoms with Crippen LogP contribution in [-0.4, -0.2) is 46.0 Å². The van der Waals surface area contributed by atoms with Crippen LogP contribution < -0.4 is 0 Å². The quantitative estimate of drug-likeness (QED) is 0.425. The predicted octanol–water partition coefficient (Wildman–Crippen LogP) is -2.86. The van der Waals surface area contributed by atoms with E-state index in [1.165, 1.54) is 0 Å². The van der Waals surface area contributed by atoms with Crippen molar-refractivity contribution in [3.05, 3.63) is 0 Å². The van der Waals surface area contributed by atoms with Gasteiger partial charge < -0.3 is 16.4 Å². The standard InChI is InChI=1S/Au.Na.3H2O/h;;3*1H2. The molecule has 6 N–H and O–H groups in total. The van der Waals surface area contributed by atoms with Gasteiger partial charge >= 0.3 is 0 Å². The molecule has 0 bridgehead atoms. The fourth-order valence-corrected chi connectivity index (χ4v) is 0. The maximum Gasteiger partial charge on any atom is 0 e. The summed E-state index contributed by atoms with van der Waals surface area (Å²) >= 11 is 0. The summed E-state index contributed by atoms with van der Waals surface area (Å²) in [5.41, 5.74) is 0. The van der Waals surface area contributed by atoms with Crippen molar-refractivity contribution in [2.24, 2.45) is 0 Å². The smallest absolute Gasteiger partial charge is 0 e. The summed E-state index contributed by atoms with van der Waals surface area (Å²) in [7, 11) is 0. The van der Waals surface area contributed by atoms with Gasteiger partial charge in [-0.25, -0.2) is 0 Å². The second kappa shape index (κ2) is 45.7. The van der Waals surface area contributed by atoms with Crippen LogP contribution in [0.2, 0.25) is 0 Å². The first kappa shape index (κ1) is 79.7. The van der Waals surface area contributed by atoms with Crippen LogP contribution in [0.25, 0.3) is 0 Å². The molecule has 0 aliphatic rings. The molecule has 0 spiro atoms. The monoisotopic (exact) mass is 274 g/mol. The van der Waals surface area contributed by atoms with Gasteiger partial charge in [0, 0.05) is 51.9 Å². The Labute approximate surface area is 67.9 Å². The van der Waals surface area contributed by atoms with Gasteiger partial charge in [-0.1, -0.05) is 0 Å². The van der Waals surface area contributed by atoms with Gasteiger partial charge in [-0.2, -0.15) is 0 Å². The zero-order chi connectivity index (χ0) is 0. The molecular weight excluding hydrogens is 268 g/mol. The van der Waals surface area contributed by atoms with E-state index in [9.17, 15) is 0 Å². The topological polar surface area (TPSA) is 94.5 Å². The van der Waals surface area contributed by atoms with E-state index in [4.69, 9.17) is 0 Å². The van der Waals surface area contributed by atoms with E-state index in [1.807, 2.05) is 0 Å². The summed E-state index contributed by atoms with van der Waals surface area (Å²) in [5, 5.41) is 0. The predicted molar refractivity (Wildman–Crippen MR) is 16.6 cm³/mol. The molecule has 0 aromatic rings. The van der Waals surface area contributed by atoms with E-state index >= 15 is 0 Å². The third-order valence-electron chi connectivity index (χ3n) is 0. The Morgan fingerprint density at radius 3 is 0.600 bits per heavy atom. The molecule has 0 rings (SSSR count). The molecule has 0 atom stereocenters. The molecule has 0 fully saturated rings. The molecule has 0 aliphatic heterocycles. The van der Waals surface area contributed by atoms with Crippen LogP contribution in [0, 0.1) is 0 Å². The molecule has 0 aromatic heterocycles. The molecule has 5 heteroatoms. The van der Waals surface area contributed by atoms with Crippen molar-refractivity contribution in [2.75, 3.05) is 0 Å².